The van der Waals surface area contributed by atoms with Gasteiger partial charge in [0.15, 0.2) is 0 Å². The third-order valence-corrected chi connectivity index (χ3v) is 2.53. The molecule has 0 spiro atoms. The van der Waals surface area contributed by atoms with Crippen LogP contribution in [0.25, 0.3) is 0 Å². The molecule has 0 saturated carbocycles. The molecule has 1 aromatic rings. The summed E-state index contributed by atoms with van der Waals surface area (Å²) in [7, 11) is 2.03. The summed E-state index contributed by atoms with van der Waals surface area (Å²) in [5.41, 5.74) is 2.48. The molecule has 1 heterocycles. The van der Waals surface area contributed by atoms with Crippen molar-refractivity contribution < 1.29 is 0 Å². The number of pyridine rings is 1. The van der Waals surface area contributed by atoms with Crippen molar-refractivity contribution in [1.82, 2.24) is 10.3 Å². The number of hydrogen-bond acceptors (Lipinski definition) is 3. The van der Waals surface area contributed by atoms with Crippen LogP contribution >= 0.6 is 0 Å². The zero-order valence-corrected chi connectivity index (χ0v) is 12.2. The normalized spacial score (nSPS) is 11.4. The Kier molecular flexibility index (Phi) is 4.91. The molecular formula is C15H25N3. The predicted octanol–water partition coefficient (Wildman–Crippen LogP) is 2.98. The molecule has 0 amide bonds. The van der Waals surface area contributed by atoms with Gasteiger partial charge in [0, 0.05) is 31.9 Å². The SMILES string of the molecule is C=C(C)CN(C)c1ccc(CNC(C)(C)C)cn1. The Labute approximate surface area is 111 Å². The lowest BCUT2D eigenvalue weighted by Gasteiger charge is -2.21. The van der Waals surface area contributed by atoms with E-state index in [1.54, 1.807) is 0 Å². The second kappa shape index (κ2) is 6.01. The molecule has 1 rings (SSSR count). The Morgan fingerprint density at radius 2 is 2.06 bits per heavy atom. The van der Waals surface area contributed by atoms with Crippen molar-refractivity contribution in [1.29, 1.82) is 0 Å². The van der Waals surface area contributed by atoms with Gasteiger partial charge in [0.1, 0.15) is 5.82 Å². The summed E-state index contributed by atoms with van der Waals surface area (Å²) in [5.74, 6) is 0.984. The fourth-order valence-electron chi connectivity index (χ4n) is 1.60. The van der Waals surface area contributed by atoms with E-state index in [0.29, 0.717) is 0 Å². The summed E-state index contributed by atoms with van der Waals surface area (Å²) in [6, 6.07) is 4.18. The first kappa shape index (κ1) is 14.7. The van der Waals surface area contributed by atoms with Crippen molar-refractivity contribution in [2.75, 3.05) is 18.5 Å². The number of aromatic nitrogens is 1. The van der Waals surface area contributed by atoms with Crippen molar-refractivity contribution in [3.8, 4) is 0 Å². The van der Waals surface area contributed by atoms with Crippen LogP contribution in [-0.4, -0.2) is 24.1 Å². The first-order valence-electron chi connectivity index (χ1n) is 6.33. The summed E-state index contributed by atoms with van der Waals surface area (Å²) in [4.78, 5) is 6.58. The molecule has 0 aromatic carbocycles. The van der Waals surface area contributed by atoms with Crippen molar-refractivity contribution in [3.05, 3.63) is 36.0 Å². The zero-order chi connectivity index (χ0) is 13.8. The number of rotatable bonds is 5. The standard InChI is InChI=1S/C15H25N3/c1-12(2)11-18(6)14-8-7-13(9-16-14)10-17-15(3,4)5/h7-9,17H,1,10-11H2,2-6H3. The molecule has 0 aliphatic carbocycles. The van der Waals surface area contributed by atoms with E-state index in [2.05, 4.69) is 54.7 Å². The van der Waals surface area contributed by atoms with Crippen LogP contribution in [0, 0.1) is 0 Å². The molecule has 0 radical (unpaired) electrons. The topological polar surface area (TPSA) is 28.2 Å². The highest BCUT2D eigenvalue weighted by atomic mass is 15.2. The molecular weight excluding hydrogens is 222 g/mol. The molecule has 1 aromatic heterocycles. The fraction of sp³-hybridized carbons (Fsp3) is 0.533. The van der Waals surface area contributed by atoms with Crippen LogP contribution in [0.3, 0.4) is 0 Å². The van der Waals surface area contributed by atoms with E-state index in [4.69, 9.17) is 0 Å². The number of hydrogen-bond donors (Lipinski definition) is 1. The van der Waals surface area contributed by atoms with E-state index < -0.39 is 0 Å². The van der Waals surface area contributed by atoms with E-state index in [1.807, 2.05) is 20.2 Å². The van der Waals surface area contributed by atoms with Gasteiger partial charge in [-0.05, 0) is 39.3 Å². The number of nitrogens with zero attached hydrogens (tertiary/aromatic N) is 2. The van der Waals surface area contributed by atoms with Crippen LogP contribution in [0.2, 0.25) is 0 Å². The van der Waals surface area contributed by atoms with Gasteiger partial charge < -0.3 is 10.2 Å². The minimum absolute atomic E-state index is 0.134. The second-order valence-electron chi connectivity index (χ2n) is 5.94. The molecule has 3 heteroatoms. The molecule has 18 heavy (non-hydrogen) atoms. The lowest BCUT2D eigenvalue weighted by molar-refractivity contribution is 0.424. The molecule has 0 atom stereocenters. The molecule has 0 aliphatic rings. The number of likely N-dealkylation sites (N-methyl/N-ethyl adjacent to an activating group) is 1. The van der Waals surface area contributed by atoms with Crippen molar-refractivity contribution in [3.63, 3.8) is 0 Å². The zero-order valence-electron chi connectivity index (χ0n) is 12.2. The average Bonchev–Trinajstić information content (AvgIpc) is 2.25. The minimum Gasteiger partial charge on any atom is -0.356 e. The molecule has 0 fully saturated rings. The maximum Gasteiger partial charge on any atom is 0.128 e. The van der Waals surface area contributed by atoms with Crippen LogP contribution in [0.1, 0.15) is 33.3 Å². The molecule has 0 bridgehead atoms. The van der Waals surface area contributed by atoms with Gasteiger partial charge in [-0.15, -0.1) is 0 Å². The molecule has 0 aliphatic heterocycles. The van der Waals surface area contributed by atoms with Gasteiger partial charge in [-0.3, -0.25) is 0 Å². The molecule has 0 unspecified atom stereocenters. The van der Waals surface area contributed by atoms with Crippen molar-refractivity contribution >= 4 is 5.82 Å². The summed E-state index contributed by atoms with van der Waals surface area (Å²) in [6.45, 7) is 14.1. The Morgan fingerprint density at radius 3 is 2.50 bits per heavy atom. The van der Waals surface area contributed by atoms with Gasteiger partial charge in [-0.2, -0.15) is 0 Å². The van der Waals surface area contributed by atoms with Crippen LogP contribution < -0.4 is 10.2 Å². The van der Waals surface area contributed by atoms with Crippen molar-refractivity contribution in [2.45, 2.75) is 39.8 Å². The summed E-state index contributed by atoms with van der Waals surface area (Å²) >= 11 is 0. The first-order chi connectivity index (χ1) is 8.28. The third-order valence-electron chi connectivity index (χ3n) is 2.53. The monoisotopic (exact) mass is 247 g/mol. The van der Waals surface area contributed by atoms with Crippen molar-refractivity contribution in [2.24, 2.45) is 0 Å². The average molecular weight is 247 g/mol. The Balaban J connectivity index is 2.60. The van der Waals surface area contributed by atoms with Gasteiger partial charge in [0.25, 0.3) is 0 Å². The minimum atomic E-state index is 0.134. The first-order valence-corrected chi connectivity index (χ1v) is 6.33. The van der Waals surface area contributed by atoms with E-state index in [-0.39, 0.29) is 5.54 Å². The Morgan fingerprint density at radius 1 is 1.39 bits per heavy atom. The Hall–Kier alpha value is -1.35. The fourth-order valence-corrected chi connectivity index (χ4v) is 1.60. The van der Waals surface area contributed by atoms with Gasteiger partial charge in [0.2, 0.25) is 0 Å². The number of anilines is 1. The highest BCUT2D eigenvalue weighted by Gasteiger charge is 2.08. The summed E-state index contributed by atoms with van der Waals surface area (Å²) in [6.07, 6.45) is 1.93. The Bertz CT molecular complexity index is 387. The molecule has 1 N–H and O–H groups in total. The maximum atomic E-state index is 4.48. The third kappa shape index (κ3) is 5.32. The van der Waals surface area contributed by atoms with Crippen LogP contribution in [-0.2, 0) is 6.54 Å². The van der Waals surface area contributed by atoms with Gasteiger partial charge in [-0.25, -0.2) is 4.98 Å². The summed E-state index contributed by atoms with van der Waals surface area (Å²) in [5, 5.41) is 3.45. The van der Waals surface area contributed by atoms with E-state index in [0.717, 1.165) is 24.5 Å². The highest BCUT2D eigenvalue weighted by molar-refractivity contribution is 5.39. The lowest BCUT2D eigenvalue weighted by atomic mass is 10.1. The van der Waals surface area contributed by atoms with Gasteiger partial charge in [0.05, 0.1) is 0 Å². The maximum absolute atomic E-state index is 4.48. The van der Waals surface area contributed by atoms with E-state index in [9.17, 15) is 0 Å². The predicted molar refractivity (Wildman–Crippen MR) is 78.9 cm³/mol. The molecule has 0 saturated heterocycles. The number of nitrogens with one attached hydrogen (secondary N) is 1. The molecule has 3 nitrogen and oxygen atoms in total. The lowest BCUT2D eigenvalue weighted by Crippen LogP contribution is -2.35. The van der Waals surface area contributed by atoms with Gasteiger partial charge >= 0.3 is 0 Å². The molecule has 100 valence electrons. The second-order valence-corrected chi connectivity index (χ2v) is 5.94. The van der Waals surface area contributed by atoms with Crippen LogP contribution in [0.15, 0.2) is 30.5 Å². The van der Waals surface area contributed by atoms with E-state index >= 15 is 0 Å². The van der Waals surface area contributed by atoms with Gasteiger partial charge in [-0.1, -0.05) is 18.2 Å². The van der Waals surface area contributed by atoms with Crippen LogP contribution in [0.5, 0.6) is 0 Å². The smallest absolute Gasteiger partial charge is 0.128 e. The van der Waals surface area contributed by atoms with Crippen LogP contribution in [0.4, 0.5) is 5.82 Å². The largest absolute Gasteiger partial charge is 0.356 e. The van der Waals surface area contributed by atoms with E-state index in [1.165, 1.54) is 5.56 Å². The quantitative estimate of drug-likeness (QED) is 0.811. The highest BCUT2D eigenvalue weighted by Crippen LogP contribution is 2.11. The summed E-state index contributed by atoms with van der Waals surface area (Å²) < 4.78 is 0.